The molecular weight excluding hydrogens is 391 g/mol. The molecule has 5 atom stereocenters. The Hall–Kier alpha value is 0.950. The van der Waals surface area contributed by atoms with Crippen LogP contribution in [-0.4, -0.2) is 25.7 Å². The fourth-order valence-corrected chi connectivity index (χ4v) is 5.52. The fourth-order valence-electron chi connectivity index (χ4n) is 3.78. The minimum Gasteiger partial charge on any atom is -0.389 e. The topological polar surface area (TPSA) is 20.2 Å². The summed E-state index contributed by atoms with van der Waals surface area (Å²) >= 11 is 14.1. The number of rotatable bonds is 0. The maximum absolute atomic E-state index is 10.3. The van der Waals surface area contributed by atoms with E-state index in [1.165, 1.54) is 0 Å². The van der Waals surface area contributed by atoms with E-state index < -0.39 is 6.10 Å². The van der Waals surface area contributed by atoms with Crippen LogP contribution in [0.1, 0.15) is 46.5 Å². The zero-order valence-electron chi connectivity index (χ0n) is 11.8. The van der Waals surface area contributed by atoms with E-state index in [-0.39, 0.29) is 20.5 Å². The number of alkyl halides is 3. The van der Waals surface area contributed by atoms with E-state index in [9.17, 15) is 5.11 Å². The van der Waals surface area contributed by atoms with E-state index in [1.54, 1.807) is 0 Å². The van der Waals surface area contributed by atoms with Gasteiger partial charge in [0.1, 0.15) is 0 Å². The molecule has 0 aliphatic heterocycles. The van der Waals surface area contributed by atoms with E-state index >= 15 is 0 Å². The molecule has 1 spiro atoms. The van der Waals surface area contributed by atoms with Crippen LogP contribution in [0.25, 0.3) is 0 Å². The average Bonchev–Trinajstić information content (AvgIpc) is 2.30. The van der Waals surface area contributed by atoms with Crippen molar-refractivity contribution in [2.45, 2.75) is 67.1 Å². The summed E-state index contributed by atoms with van der Waals surface area (Å²) in [5, 5.41) is 10.3. The van der Waals surface area contributed by atoms with Gasteiger partial charge in [-0.05, 0) is 43.6 Å². The van der Waals surface area contributed by atoms with E-state index in [4.69, 9.17) is 11.6 Å². The van der Waals surface area contributed by atoms with Crippen molar-refractivity contribution in [2.24, 2.45) is 10.8 Å². The SMILES string of the molecule is C=C1[C@H](O)C[C@@H](Br)C(C)(C)[C@]12CC[C@](C)(Cl)[C@@H](Br)C2. The van der Waals surface area contributed by atoms with E-state index in [1.807, 2.05) is 0 Å². The van der Waals surface area contributed by atoms with Crippen LogP contribution in [0.3, 0.4) is 0 Å². The zero-order chi connectivity index (χ0) is 14.6. The molecule has 2 aliphatic rings. The van der Waals surface area contributed by atoms with Crippen molar-refractivity contribution < 1.29 is 5.11 Å². The molecule has 2 rings (SSSR count). The third-order valence-corrected chi connectivity index (χ3v) is 9.25. The monoisotopic (exact) mass is 412 g/mol. The largest absolute Gasteiger partial charge is 0.389 e. The highest BCUT2D eigenvalue weighted by Gasteiger charge is 2.59. The molecule has 1 nitrogen and oxygen atoms in total. The molecule has 0 saturated heterocycles. The van der Waals surface area contributed by atoms with Crippen LogP contribution in [0, 0.1) is 10.8 Å². The second-order valence-electron chi connectivity index (χ2n) is 7.00. The molecular formula is C15H23Br2ClO. The van der Waals surface area contributed by atoms with Crippen molar-refractivity contribution in [2.75, 3.05) is 0 Å². The summed E-state index contributed by atoms with van der Waals surface area (Å²) in [5.74, 6) is 0. The third-order valence-electron chi connectivity index (χ3n) is 5.68. The van der Waals surface area contributed by atoms with Crippen LogP contribution in [0.4, 0.5) is 0 Å². The molecule has 0 aromatic rings. The summed E-state index contributed by atoms with van der Waals surface area (Å²) in [6.07, 6.45) is 3.23. The summed E-state index contributed by atoms with van der Waals surface area (Å²) < 4.78 is 0. The lowest BCUT2D eigenvalue weighted by molar-refractivity contribution is -0.00840. The van der Waals surface area contributed by atoms with Crippen molar-refractivity contribution >= 4 is 43.5 Å². The minimum atomic E-state index is -0.406. The van der Waals surface area contributed by atoms with E-state index in [2.05, 4.69) is 59.2 Å². The van der Waals surface area contributed by atoms with Gasteiger partial charge >= 0.3 is 0 Å². The van der Waals surface area contributed by atoms with Gasteiger partial charge in [0.2, 0.25) is 0 Å². The van der Waals surface area contributed by atoms with Crippen LogP contribution in [0.2, 0.25) is 0 Å². The number of halogens is 3. The maximum Gasteiger partial charge on any atom is 0.0764 e. The first-order chi connectivity index (χ1) is 8.54. The molecule has 110 valence electrons. The fraction of sp³-hybridized carbons (Fsp3) is 0.867. The standard InChI is InChI=1S/C15H23Br2ClO/c1-9-10(19)7-11(16)13(2,3)15(9)6-5-14(4,18)12(17)8-15/h10-12,19H,1,5-8H2,2-4H3/t10-,11-,12+,14+,15+/m1/s1. The average molecular weight is 415 g/mol. The highest BCUT2D eigenvalue weighted by atomic mass is 79.9. The van der Waals surface area contributed by atoms with Gasteiger partial charge < -0.3 is 5.11 Å². The van der Waals surface area contributed by atoms with Crippen LogP contribution >= 0.6 is 43.5 Å². The molecule has 19 heavy (non-hydrogen) atoms. The second-order valence-corrected chi connectivity index (χ2v) is 10.1. The summed E-state index contributed by atoms with van der Waals surface area (Å²) in [4.78, 5) is 0.350. The van der Waals surface area contributed by atoms with Gasteiger partial charge in [-0.3, -0.25) is 0 Å². The maximum atomic E-state index is 10.3. The molecule has 0 amide bonds. The lowest BCUT2D eigenvalue weighted by atomic mass is 9.49. The van der Waals surface area contributed by atoms with E-state index in [0.717, 1.165) is 31.3 Å². The molecule has 0 heterocycles. The first kappa shape index (κ1) is 16.3. The van der Waals surface area contributed by atoms with Gasteiger partial charge in [0.25, 0.3) is 0 Å². The number of hydrogen-bond acceptors (Lipinski definition) is 1. The molecule has 2 saturated carbocycles. The molecule has 2 fully saturated rings. The smallest absolute Gasteiger partial charge is 0.0764 e. The number of aliphatic hydroxyl groups is 1. The summed E-state index contributed by atoms with van der Waals surface area (Å²) in [6.45, 7) is 10.9. The lowest BCUT2D eigenvalue weighted by Crippen LogP contribution is -2.57. The van der Waals surface area contributed by atoms with Gasteiger partial charge in [-0.2, -0.15) is 0 Å². The first-order valence-corrected chi connectivity index (χ1v) is 9.10. The molecule has 0 radical (unpaired) electrons. The Labute approximate surface area is 138 Å². The van der Waals surface area contributed by atoms with Crippen molar-refractivity contribution in [3.8, 4) is 0 Å². The van der Waals surface area contributed by atoms with E-state index in [0.29, 0.717) is 4.83 Å². The molecule has 1 N–H and O–H groups in total. The second kappa shape index (κ2) is 5.00. The highest BCUT2D eigenvalue weighted by molar-refractivity contribution is 9.09. The Morgan fingerprint density at radius 2 is 1.79 bits per heavy atom. The van der Waals surface area contributed by atoms with Crippen molar-refractivity contribution in [3.63, 3.8) is 0 Å². The minimum absolute atomic E-state index is 0.0403. The van der Waals surface area contributed by atoms with Gasteiger partial charge in [0.05, 0.1) is 11.0 Å². The van der Waals surface area contributed by atoms with Gasteiger partial charge in [-0.15, -0.1) is 11.6 Å². The zero-order valence-corrected chi connectivity index (χ0v) is 15.8. The van der Waals surface area contributed by atoms with Crippen LogP contribution in [0.5, 0.6) is 0 Å². The lowest BCUT2D eigenvalue weighted by Gasteiger charge is -2.60. The molecule has 0 bridgehead atoms. The molecule has 0 aromatic carbocycles. The highest BCUT2D eigenvalue weighted by Crippen LogP contribution is 2.64. The third kappa shape index (κ3) is 2.37. The van der Waals surface area contributed by atoms with Gasteiger partial charge in [0.15, 0.2) is 0 Å². The van der Waals surface area contributed by atoms with Gasteiger partial charge in [-0.25, -0.2) is 0 Å². The first-order valence-electron chi connectivity index (χ1n) is 6.89. The Bertz CT molecular complexity index is 394. The quantitative estimate of drug-likeness (QED) is 0.435. The van der Waals surface area contributed by atoms with Crippen molar-refractivity contribution in [1.29, 1.82) is 0 Å². The number of aliphatic hydroxyl groups excluding tert-OH is 1. The Balaban J connectivity index is 2.42. The van der Waals surface area contributed by atoms with Gasteiger partial charge in [0, 0.05) is 15.1 Å². The number of hydrogen-bond donors (Lipinski definition) is 1. The Morgan fingerprint density at radius 1 is 1.21 bits per heavy atom. The summed E-state index contributed by atoms with van der Waals surface area (Å²) in [6, 6.07) is 0. The summed E-state index contributed by atoms with van der Waals surface area (Å²) in [5.41, 5.74) is 1.04. The van der Waals surface area contributed by atoms with Crippen LogP contribution in [0.15, 0.2) is 12.2 Å². The normalized spacial score (nSPS) is 50.5. The molecule has 0 aromatic heterocycles. The van der Waals surface area contributed by atoms with Crippen molar-refractivity contribution in [3.05, 3.63) is 12.2 Å². The molecule has 0 unspecified atom stereocenters. The Morgan fingerprint density at radius 3 is 2.32 bits per heavy atom. The predicted molar refractivity (Wildman–Crippen MR) is 89.5 cm³/mol. The molecule has 2 aliphatic carbocycles. The van der Waals surface area contributed by atoms with Gasteiger partial charge in [-0.1, -0.05) is 52.3 Å². The van der Waals surface area contributed by atoms with Crippen molar-refractivity contribution in [1.82, 2.24) is 0 Å². The molecule has 4 heteroatoms. The van der Waals surface area contributed by atoms with Crippen LogP contribution in [-0.2, 0) is 0 Å². The Kier molecular flexibility index (Phi) is 4.29. The van der Waals surface area contributed by atoms with Crippen LogP contribution < -0.4 is 0 Å². The predicted octanol–water partition coefficient (Wildman–Crippen LogP) is 5.03. The summed E-state index contributed by atoms with van der Waals surface area (Å²) in [7, 11) is 0.